The molecule has 28 heavy (non-hydrogen) atoms. The number of pyridine rings is 1. The summed E-state index contributed by atoms with van der Waals surface area (Å²) in [5.41, 5.74) is 5.15. The number of rotatable bonds is 7. The number of benzene rings is 1. The first-order valence-electron chi connectivity index (χ1n) is 9.92. The summed E-state index contributed by atoms with van der Waals surface area (Å²) >= 11 is 12.8. The summed E-state index contributed by atoms with van der Waals surface area (Å²) in [6.45, 7) is 4.27. The molecule has 1 N–H and O–H groups in total. The molecule has 150 valence electrons. The summed E-state index contributed by atoms with van der Waals surface area (Å²) in [6.07, 6.45) is 10.2. The molecule has 0 aliphatic heterocycles. The van der Waals surface area contributed by atoms with Crippen molar-refractivity contribution in [3.05, 3.63) is 63.4 Å². The molecular weight excluding hydrogens is 393 g/mol. The number of carboxylic acid groups (broad SMARTS) is 1. The van der Waals surface area contributed by atoms with E-state index in [9.17, 15) is 4.79 Å². The molecule has 0 spiro atoms. The van der Waals surface area contributed by atoms with Crippen LogP contribution < -0.4 is 0 Å². The maximum absolute atomic E-state index is 11.1. The Morgan fingerprint density at radius 3 is 2.68 bits per heavy atom. The standard InChI is InChI=1S/C23H27Cl2NO2/c1-14-12-26-13-18(15(14)2)6-9-19-17(7-10-21(19)24)5-3-16-4-8-20(23(27)28)22(25)11-16/h4,8,11-13,17,19,21H,3,5-7,9-10H2,1-2H3,(H,27,28)/t17-,19+,21?/m0/s1. The Kier molecular flexibility index (Phi) is 7.00. The van der Waals surface area contributed by atoms with Gasteiger partial charge in [0.1, 0.15) is 0 Å². The van der Waals surface area contributed by atoms with E-state index in [2.05, 4.69) is 18.8 Å². The molecule has 1 unspecified atom stereocenters. The van der Waals surface area contributed by atoms with Crippen LogP contribution in [0.2, 0.25) is 5.02 Å². The molecule has 0 amide bonds. The molecule has 1 aliphatic rings. The van der Waals surface area contributed by atoms with E-state index >= 15 is 0 Å². The highest BCUT2D eigenvalue weighted by molar-refractivity contribution is 6.33. The number of aryl methyl sites for hydroxylation is 3. The van der Waals surface area contributed by atoms with Crippen molar-refractivity contribution in [1.29, 1.82) is 0 Å². The molecule has 0 saturated heterocycles. The molecule has 1 saturated carbocycles. The third kappa shape index (κ3) is 4.87. The zero-order chi connectivity index (χ0) is 20.3. The first-order chi connectivity index (χ1) is 13.4. The summed E-state index contributed by atoms with van der Waals surface area (Å²) in [5.74, 6) is 0.118. The Balaban J connectivity index is 1.61. The summed E-state index contributed by atoms with van der Waals surface area (Å²) in [4.78, 5) is 15.5. The molecule has 1 aromatic carbocycles. The van der Waals surface area contributed by atoms with Gasteiger partial charge < -0.3 is 5.11 Å². The zero-order valence-electron chi connectivity index (χ0n) is 16.4. The van der Waals surface area contributed by atoms with Gasteiger partial charge in [-0.15, -0.1) is 11.6 Å². The number of halogens is 2. The Bertz CT molecular complexity index is 852. The Morgan fingerprint density at radius 2 is 1.96 bits per heavy atom. The van der Waals surface area contributed by atoms with E-state index in [1.165, 1.54) is 16.7 Å². The Labute approximate surface area is 177 Å². The molecule has 1 fully saturated rings. The fourth-order valence-corrected chi connectivity index (χ4v) is 5.11. The molecule has 1 heterocycles. The molecular formula is C23H27Cl2NO2. The lowest BCUT2D eigenvalue weighted by Crippen LogP contribution is -2.17. The molecule has 3 rings (SSSR count). The number of hydrogen-bond acceptors (Lipinski definition) is 2. The number of aromatic carboxylic acids is 1. The highest BCUT2D eigenvalue weighted by atomic mass is 35.5. The molecule has 5 heteroatoms. The van der Waals surface area contributed by atoms with Crippen molar-refractivity contribution in [3.63, 3.8) is 0 Å². The monoisotopic (exact) mass is 419 g/mol. The highest BCUT2D eigenvalue weighted by Crippen LogP contribution is 2.41. The fourth-order valence-electron chi connectivity index (χ4n) is 4.37. The fraction of sp³-hybridized carbons (Fsp3) is 0.478. The second-order valence-corrected chi connectivity index (χ2v) is 8.92. The summed E-state index contributed by atoms with van der Waals surface area (Å²) < 4.78 is 0. The number of carbonyl (C=O) groups is 1. The van der Waals surface area contributed by atoms with E-state index in [0.717, 1.165) is 44.1 Å². The van der Waals surface area contributed by atoms with E-state index in [-0.39, 0.29) is 10.9 Å². The minimum atomic E-state index is -0.988. The summed E-state index contributed by atoms with van der Waals surface area (Å²) in [7, 11) is 0. The Morgan fingerprint density at radius 1 is 1.18 bits per heavy atom. The second-order valence-electron chi connectivity index (χ2n) is 7.95. The zero-order valence-corrected chi connectivity index (χ0v) is 17.9. The van der Waals surface area contributed by atoms with E-state index in [0.29, 0.717) is 16.9 Å². The van der Waals surface area contributed by atoms with E-state index in [1.54, 1.807) is 12.1 Å². The number of alkyl halides is 1. The van der Waals surface area contributed by atoms with Crippen LogP contribution in [0.1, 0.15) is 58.3 Å². The number of carboxylic acids is 1. The smallest absolute Gasteiger partial charge is 0.337 e. The average molecular weight is 420 g/mol. The van der Waals surface area contributed by atoms with Gasteiger partial charge in [0.05, 0.1) is 10.6 Å². The van der Waals surface area contributed by atoms with Gasteiger partial charge in [-0.1, -0.05) is 17.7 Å². The van der Waals surface area contributed by atoms with E-state index < -0.39 is 5.97 Å². The lowest BCUT2D eigenvalue weighted by atomic mass is 9.85. The van der Waals surface area contributed by atoms with Crippen LogP contribution in [0.4, 0.5) is 0 Å². The predicted octanol–water partition coefficient (Wildman–Crippen LogP) is 6.25. The minimum absolute atomic E-state index is 0.159. The maximum Gasteiger partial charge on any atom is 0.337 e. The lowest BCUT2D eigenvalue weighted by molar-refractivity contribution is 0.0697. The van der Waals surface area contributed by atoms with E-state index in [4.69, 9.17) is 28.3 Å². The third-order valence-electron chi connectivity index (χ3n) is 6.27. The van der Waals surface area contributed by atoms with Crippen molar-refractivity contribution in [2.24, 2.45) is 11.8 Å². The van der Waals surface area contributed by atoms with Crippen LogP contribution in [0.3, 0.4) is 0 Å². The first kappa shape index (κ1) is 21.1. The Hall–Kier alpha value is -1.58. The molecule has 0 radical (unpaired) electrons. The second kappa shape index (κ2) is 9.28. The number of nitrogens with zero attached hydrogens (tertiary/aromatic N) is 1. The largest absolute Gasteiger partial charge is 0.478 e. The molecule has 1 aromatic heterocycles. The SMILES string of the molecule is Cc1cncc(CC[C@H]2C(Cl)CC[C@@H]2CCc2ccc(C(=O)O)c(Cl)c2)c1C. The van der Waals surface area contributed by atoms with Gasteiger partial charge in [0.25, 0.3) is 0 Å². The van der Waals surface area contributed by atoms with Crippen LogP contribution in [0, 0.1) is 25.7 Å². The van der Waals surface area contributed by atoms with Gasteiger partial charge in [0.15, 0.2) is 0 Å². The molecule has 3 atom stereocenters. The van der Waals surface area contributed by atoms with Crippen LogP contribution >= 0.6 is 23.2 Å². The van der Waals surface area contributed by atoms with Gasteiger partial charge in [0, 0.05) is 17.8 Å². The van der Waals surface area contributed by atoms with Crippen LogP contribution in [0.25, 0.3) is 0 Å². The first-order valence-corrected chi connectivity index (χ1v) is 10.7. The van der Waals surface area contributed by atoms with Crippen molar-refractivity contribution in [1.82, 2.24) is 4.98 Å². The molecule has 2 aromatic rings. The van der Waals surface area contributed by atoms with Crippen molar-refractivity contribution in [2.45, 2.75) is 57.7 Å². The predicted molar refractivity (Wildman–Crippen MR) is 115 cm³/mol. The van der Waals surface area contributed by atoms with Gasteiger partial charge in [-0.25, -0.2) is 4.79 Å². The summed E-state index contributed by atoms with van der Waals surface area (Å²) in [5, 5.41) is 9.66. The van der Waals surface area contributed by atoms with Crippen molar-refractivity contribution >= 4 is 29.2 Å². The quantitative estimate of drug-likeness (QED) is 0.539. The minimum Gasteiger partial charge on any atom is -0.478 e. The van der Waals surface area contributed by atoms with Crippen molar-refractivity contribution in [3.8, 4) is 0 Å². The number of hydrogen-bond donors (Lipinski definition) is 1. The number of aromatic nitrogens is 1. The summed E-state index contributed by atoms with van der Waals surface area (Å²) in [6, 6.07) is 5.26. The van der Waals surface area contributed by atoms with Crippen molar-refractivity contribution in [2.75, 3.05) is 0 Å². The average Bonchev–Trinajstić information content (AvgIpc) is 3.00. The van der Waals surface area contributed by atoms with Crippen LogP contribution in [-0.4, -0.2) is 21.4 Å². The normalized spacial score (nSPS) is 21.8. The molecule has 0 bridgehead atoms. The third-order valence-corrected chi connectivity index (χ3v) is 7.12. The molecule has 1 aliphatic carbocycles. The van der Waals surface area contributed by atoms with E-state index in [1.807, 2.05) is 18.5 Å². The van der Waals surface area contributed by atoms with Crippen LogP contribution in [0.15, 0.2) is 30.6 Å². The lowest BCUT2D eigenvalue weighted by Gasteiger charge is -2.22. The molecule has 3 nitrogen and oxygen atoms in total. The highest BCUT2D eigenvalue weighted by Gasteiger charge is 2.34. The van der Waals surface area contributed by atoms with Crippen molar-refractivity contribution < 1.29 is 9.90 Å². The van der Waals surface area contributed by atoms with Gasteiger partial charge in [-0.3, -0.25) is 4.98 Å². The van der Waals surface area contributed by atoms with Gasteiger partial charge >= 0.3 is 5.97 Å². The van der Waals surface area contributed by atoms with Gasteiger partial charge in [-0.2, -0.15) is 0 Å². The maximum atomic E-state index is 11.1. The topological polar surface area (TPSA) is 50.2 Å². The van der Waals surface area contributed by atoms with Gasteiger partial charge in [-0.05, 0) is 98.6 Å². The van der Waals surface area contributed by atoms with Crippen LogP contribution in [0.5, 0.6) is 0 Å². The van der Waals surface area contributed by atoms with Gasteiger partial charge in [0.2, 0.25) is 0 Å². The van der Waals surface area contributed by atoms with Crippen LogP contribution in [-0.2, 0) is 12.8 Å².